The summed E-state index contributed by atoms with van der Waals surface area (Å²) in [6.45, 7) is 6.24. The average Bonchev–Trinajstić information content (AvgIpc) is 2.71. The zero-order valence-electron chi connectivity index (χ0n) is 17.6. The van der Waals surface area contributed by atoms with Gasteiger partial charge in [0, 0.05) is 12.8 Å². The van der Waals surface area contributed by atoms with Crippen LogP contribution in [0.15, 0.2) is 41.5 Å². The number of hydrazone groups is 1. The number of benzene rings is 2. The molecule has 166 valence electrons. The fourth-order valence-corrected chi connectivity index (χ4v) is 3.27. The lowest BCUT2D eigenvalue weighted by molar-refractivity contribution is -0.124. The molecule has 0 fully saturated rings. The molecule has 0 spiro atoms. The minimum absolute atomic E-state index is 0.00195. The number of carbonyl (C=O) groups excluding carboxylic acids is 2. The van der Waals surface area contributed by atoms with Gasteiger partial charge in [-0.3, -0.25) is 9.59 Å². The first-order valence-electron chi connectivity index (χ1n) is 9.79. The van der Waals surface area contributed by atoms with Crippen LogP contribution in [-0.4, -0.2) is 30.7 Å². The zero-order valence-corrected chi connectivity index (χ0v) is 19.7. The van der Waals surface area contributed by atoms with Crippen molar-refractivity contribution >= 4 is 46.3 Å². The summed E-state index contributed by atoms with van der Waals surface area (Å²) in [5.74, 6) is -0.156. The molecule has 0 aliphatic carbocycles. The normalized spacial score (nSPS) is 10.9. The van der Waals surface area contributed by atoms with Crippen molar-refractivity contribution in [2.24, 2.45) is 5.10 Å². The number of hydrogen-bond acceptors (Lipinski definition) is 5. The van der Waals surface area contributed by atoms with Gasteiger partial charge in [0.25, 0.3) is 0 Å². The van der Waals surface area contributed by atoms with E-state index in [0.29, 0.717) is 18.1 Å². The Bertz CT molecular complexity index is 950. The molecule has 2 N–H and O–H groups in total. The van der Waals surface area contributed by atoms with Crippen LogP contribution in [0.3, 0.4) is 0 Å². The van der Waals surface area contributed by atoms with Crippen LogP contribution in [0.25, 0.3) is 0 Å². The third-order valence-corrected chi connectivity index (χ3v) is 4.62. The molecule has 0 aliphatic heterocycles. The molecule has 0 saturated heterocycles. The number of rotatable bonds is 10. The van der Waals surface area contributed by atoms with Crippen molar-refractivity contribution in [2.45, 2.75) is 39.7 Å². The number of ether oxygens (including phenoxy) is 2. The van der Waals surface area contributed by atoms with Gasteiger partial charge in [0.05, 0.1) is 28.2 Å². The van der Waals surface area contributed by atoms with Gasteiger partial charge >= 0.3 is 0 Å². The minimum Gasteiger partial charge on any atom is -0.490 e. The topological polar surface area (TPSA) is 89.0 Å². The largest absolute Gasteiger partial charge is 0.490 e. The van der Waals surface area contributed by atoms with Crippen molar-refractivity contribution in [1.29, 1.82) is 0 Å². The number of para-hydroxylation sites is 1. The molecule has 0 unspecified atom stereocenters. The summed E-state index contributed by atoms with van der Waals surface area (Å²) in [4.78, 5) is 23.8. The second-order valence-electron chi connectivity index (χ2n) is 6.75. The summed E-state index contributed by atoms with van der Waals surface area (Å²) < 4.78 is 25.9. The van der Waals surface area contributed by atoms with E-state index in [4.69, 9.17) is 9.47 Å². The predicted octanol–water partition coefficient (Wildman–Crippen LogP) is 4.49. The lowest BCUT2D eigenvalue weighted by Gasteiger charge is -2.16. The number of amides is 2. The highest BCUT2D eigenvalue weighted by Crippen LogP contribution is 2.34. The van der Waals surface area contributed by atoms with E-state index in [1.165, 1.54) is 24.4 Å². The van der Waals surface area contributed by atoms with Crippen molar-refractivity contribution in [1.82, 2.24) is 5.43 Å². The maximum atomic E-state index is 13.5. The third-order valence-electron chi connectivity index (χ3n) is 3.82. The molecule has 31 heavy (non-hydrogen) atoms. The van der Waals surface area contributed by atoms with Crippen LogP contribution in [0.1, 0.15) is 39.2 Å². The van der Waals surface area contributed by atoms with E-state index < -0.39 is 17.6 Å². The number of nitrogens with one attached hydrogen (secondary N) is 2. The van der Waals surface area contributed by atoms with Gasteiger partial charge in [-0.2, -0.15) is 5.10 Å². The summed E-state index contributed by atoms with van der Waals surface area (Å²) >= 11 is 2.16. The quantitative estimate of drug-likeness (QED) is 0.264. The van der Waals surface area contributed by atoms with Crippen LogP contribution in [-0.2, 0) is 9.59 Å². The summed E-state index contributed by atoms with van der Waals surface area (Å²) in [5, 5.41) is 6.37. The van der Waals surface area contributed by atoms with Crippen LogP contribution < -0.4 is 20.2 Å². The van der Waals surface area contributed by atoms with Gasteiger partial charge in [0.1, 0.15) is 5.82 Å². The molecule has 9 heteroatoms. The van der Waals surface area contributed by atoms with Crippen molar-refractivity contribution < 1.29 is 23.5 Å². The molecule has 0 aliphatic rings. The first-order valence-corrected chi connectivity index (χ1v) is 10.9. The first-order chi connectivity index (χ1) is 14.8. The number of hydrogen-bond donors (Lipinski definition) is 2. The second kappa shape index (κ2) is 12.2. The molecular formula is C22H25FIN3O4. The highest BCUT2D eigenvalue weighted by atomic mass is 127. The van der Waals surface area contributed by atoms with Crippen molar-refractivity contribution in [3.8, 4) is 11.5 Å². The molecule has 2 aromatic rings. The van der Waals surface area contributed by atoms with Crippen molar-refractivity contribution in [3.05, 3.63) is 51.3 Å². The van der Waals surface area contributed by atoms with Gasteiger partial charge in [0.15, 0.2) is 11.5 Å². The van der Waals surface area contributed by atoms with E-state index in [1.54, 1.807) is 12.1 Å². The molecule has 2 rings (SSSR count). The highest BCUT2D eigenvalue weighted by molar-refractivity contribution is 14.1. The van der Waals surface area contributed by atoms with E-state index in [0.717, 1.165) is 9.13 Å². The Morgan fingerprint density at radius 2 is 1.90 bits per heavy atom. The Hall–Kier alpha value is -2.69. The Balaban J connectivity index is 1.90. The molecule has 0 aromatic heterocycles. The fourth-order valence-electron chi connectivity index (χ4n) is 2.51. The molecule has 0 radical (unpaired) electrons. The molecule has 0 bridgehead atoms. The highest BCUT2D eigenvalue weighted by Gasteiger charge is 2.13. The molecular weight excluding hydrogens is 516 g/mol. The average molecular weight is 541 g/mol. The monoisotopic (exact) mass is 541 g/mol. The lowest BCUT2D eigenvalue weighted by Crippen LogP contribution is -2.21. The summed E-state index contributed by atoms with van der Waals surface area (Å²) in [6.07, 6.45) is 1.31. The van der Waals surface area contributed by atoms with Gasteiger partial charge in [-0.05, 0) is 73.2 Å². The van der Waals surface area contributed by atoms with Crippen LogP contribution in [0.2, 0.25) is 0 Å². The Morgan fingerprint density at radius 3 is 2.58 bits per heavy atom. The van der Waals surface area contributed by atoms with E-state index >= 15 is 0 Å². The molecule has 0 heterocycles. The minimum atomic E-state index is -0.532. The van der Waals surface area contributed by atoms with Gasteiger partial charge in [0.2, 0.25) is 11.8 Å². The molecule has 7 nitrogen and oxygen atoms in total. The van der Waals surface area contributed by atoms with Crippen LogP contribution >= 0.6 is 22.6 Å². The summed E-state index contributed by atoms with van der Waals surface area (Å²) in [5.41, 5.74) is 3.18. The van der Waals surface area contributed by atoms with Gasteiger partial charge in [-0.1, -0.05) is 12.1 Å². The maximum Gasteiger partial charge on any atom is 0.240 e. The number of nitrogens with zero attached hydrogens (tertiary/aromatic N) is 1. The Morgan fingerprint density at radius 1 is 1.19 bits per heavy atom. The van der Waals surface area contributed by atoms with Crippen LogP contribution in [0.5, 0.6) is 11.5 Å². The maximum absolute atomic E-state index is 13.5. The van der Waals surface area contributed by atoms with Crippen molar-refractivity contribution in [2.75, 3.05) is 11.9 Å². The molecule has 0 saturated carbocycles. The Kier molecular flexibility index (Phi) is 9.70. The number of carbonyl (C=O) groups is 2. The standard InChI is InChI=1S/C22H25FIN3O4/c1-4-30-19-12-15(11-17(24)22(19)31-14(2)3)13-25-27-21(29)10-9-20(28)26-18-8-6-5-7-16(18)23/h5-8,11-14H,4,9-10H2,1-3H3,(H,26,28)(H,27,29). The van der Waals surface area contributed by atoms with E-state index in [-0.39, 0.29) is 24.6 Å². The van der Waals surface area contributed by atoms with E-state index in [1.807, 2.05) is 26.8 Å². The molecule has 0 atom stereocenters. The van der Waals surface area contributed by atoms with Crippen molar-refractivity contribution in [3.63, 3.8) is 0 Å². The first kappa shape index (κ1) is 24.6. The summed E-state index contributed by atoms with van der Waals surface area (Å²) in [6, 6.07) is 9.47. The Labute approximate surface area is 194 Å². The van der Waals surface area contributed by atoms with Crippen LogP contribution in [0, 0.1) is 9.39 Å². The fraction of sp³-hybridized carbons (Fsp3) is 0.318. The number of halogens is 2. The van der Waals surface area contributed by atoms with E-state index in [2.05, 4.69) is 38.4 Å². The van der Waals surface area contributed by atoms with E-state index in [9.17, 15) is 14.0 Å². The molecule has 2 amide bonds. The second-order valence-corrected chi connectivity index (χ2v) is 7.91. The zero-order chi connectivity index (χ0) is 22.8. The number of anilines is 1. The molecule has 2 aromatic carbocycles. The predicted molar refractivity (Wildman–Crippen MR) is 126 cm³/mol. The lowest BCUT2D eigenvalue weighted by atomic mass is 10.2. The van der Waals surface area contributed by atoms with Gasteiger partial charge in [-0.15, -0.1) is 0 Å². The van der Waals surface area contributed by atoms with Gasteiger partial charge in [-0.25, -0.2) is 9.82 Å². The third kappa shape index (κ3) is 8.16. The SMILES string of the molecule is CCOc1cc(C=NNC(=O)CCC(=O)Nc2ccccc2F)cc(I)c1OC(C)C. The summed E-state index contributed by atoms with van der Waals surface area (Å²) in [7, 11) is 0. The smallest absolute Gasteiger partial charge is 0.240 e. The van der Waals surface area contributed by atoms with Crippen LogP contribution in [0.4, 0.5) is 10.1 Å². The van der Waals surface area contributed by atoms with Gasteiger partial charge < -0.3 is 14.8 Å².